The van der Waals surface area contributed by atoms with Crippen LogP contribution in [0.15, 0.2) is 59.2 Å². The van der Waals surface area contributed by atoms with Crippen LogP contribution in [-0.2, 0) is 9.47 Å². The summed E-state index contributed by atoms with van der Waals surface area (Å²) in [7, 11) is 0. The fraction of sp³-hybridized carbons (Fsp3) is 0.261. The van der Waals surface area contributed by atoms with E-state index in [1.165, 1.54) is 0 Å². The van der Waals surface area contributed by atoms with Gasteiger partial charge in [0.25, 0.3) is 0 Å². The van der Waals surface area contributed by atoms with E-state index in [0.29, 0.717) is 19.0 Å². The SMILES string of the molecule is c1cc2ccoc2c(Nc2csc3cncc(-c4cnn(C5CC6(C5)OCCO6)c4)c23)n1. The number of furan rings is 1. The van der Waals surface area contributed by atoms with Gasteiger partial charge in [-0.1, -0.05) is 0 Å². The number of ether oxygens (including phenoxy) is 2. The lowest BCUT2D eigenvalue weighted by Crippen LogP contribution is -2.45. The van der Waals surface area contributed by atoms with Crippen molar-refractivity contribution in [3.05, 3.63) is 54.8 Å². The third kappa shape index (κ3) is 2.78. The highest BCUT2D eigenvalue weighted by molar-refractivity contribution is 7.17. The Kier molecular flexibility index (Phi) is 3.93. The van der Waals surface area contributed by atoms with E-state index in [1.54, 1.807) is 23.8 Å². The molecule has 0 atom stereocenters. The van der Waals surface area contributed by atoms with Crippen molar-refractivity contribution in [2.45, 2.75) is 24.7 Å². The van der Waals surface area contributed by atoms with E-state index in [9.17, 15) is 0 Å². The number of pyridine rings is 2. The van der Waals surface area contributed by atoms with Crippen molar-refractivity contribution in [3.8, 4) is 11.1 Å². The molecule has 160 valence electrons. The molecule has 9 heteroatoms. The van der Waals surface area contributed by atoms with Gasteiger partial charge in [0.05, 0.1) is 42.1 Å². The molecule has 0 radical (unpaired) electrons. The lowest BCUT2D eigenvalue weighted by Gasteiger charge is -2.42. The number of fused-ring (bicyclic) bond motifs is 2. The quantitative estimate of drug-likeness (QED) is 0.411. The smallest absolute Gasteiger partial charge is 0.176 e. The Hall–Kier alpha value is -3.27. The predicted molar refractivity (Wildman–Crippen MR) is 121 cm³/mol. The molecule has 32 heavy (non-hydrogen) atoms. The van der Waals surface area contributed by atoms with Crippen LogP contribution in [0.3, 0.4) is 0 Å². The van der Waals surface area contributed by atoms with Crippen LogP contribution in [0.1, 0.15) is 18.9 Å². The van der Waals surface area contributed by atoms with Crippen LogP contribution in [-0.4, -0.2) is 38.7 Å². The van der Waals surface area contributed by atoms with E-state index in [0.717, 1.165) is 50.7 Å². The highest BCUT2D eigenvalue weighted by Crippen LogP contribution is 2.47. The molecule has 0 aromatic carbocycles. The molecule has 5 aromatic heterocycles. The minimum atomic E-state index is -0.386. The third-order valence-electron chi connectivity index (χ3n) is 6.30. The average Bonchev–Trinajstić information content (AvgIpc) is 3.58. The summed E-state index contributed by atoms with van der Waals surface area (Å²) in [5.41, 5.74) is 3.78. The van der Waals surface area contributed by atoms with Crippen LogP contribution in [0, 0.1) is 0 Å². The Morgan fingerprint density at radius 1 is 1.12 bits per heavy atom. The highest BCUT2D eigenvalue weighted by atomic mass is 32.1. The maximum atomic E-state index is 5.77. The van der Waals surface area contributed by atoms with Gasteiger partial charge in [-0.3, -0.25) is 9.67 Å². The predicted octanol–water partition coefficient (Wildman–Crippen LogP) is 5.12. The Balaban J connectivity index is 1.24. The maximum Gasteiger partial charge on any atom is 0.176 e. The van der Waals surface area contributed by atoms with Crippen molar-refractivity contribution in [1.29, 1.82) is 0 Å². The highest BCUT2D eigenvalue weighted by Gasteiger charge is 2.50. The molecule has 1 aliphatic carbocycles. The van der Waals surface area contributed by atoms with Crippen LogP contribution in [0.5, 0.6) is 0 Å². The zero-order chi connectivity index (χ0) is 21.1. The average molecular weight is 446 g/mol. The van der Waals surface area contributed by atoms with Crippen LogP contribution in [0.25, 0.3) is 32.2 Å². The van der Waals surface area contributed by atoms with Gasteiger partial charge < -0.3 is 19.2 Å². The van der Waals surface area contributed by atoms with Crippen molar-refractivity contribution in [1.82, 2.24) is 19.7 Å². The van der Waals surface area contributed by atoms with Gasteiger partial charge in [0, 0.05) is 64.9 Å². The third-order valence-corrected chi connectivity index (χ3v) is 7.22. The summed E-state index contributed by atoms with van der Waals surface area (Å²) in [4.78, 5) is 8.96. The van der Waals surface area contributed by atoms with Crippen molar-refractivity contribution in [2.75, 3.05) is 18.5 Å². The molecule has 0 unspecified atom stereocenters. The first-order valence-corrected chi connectivity index (χ1v) is 11.4. The first-order chi connectivity index (χ1) is 15.8. The van der Waals surface area contributed by atoms with Crippen molar-refractivity contribution in [2.24, 2.45) is 0 Å². The first-order valence-electron chi connectivity index (χ1n) is 10.5. The van der Waals surface area contributed by atoms with E-state index in [-0.39, 0.29) is 11.8 Å². The standard InChI is InChI=1S/C23H19N5O3S/c1-3-25-22(21-14(1)2-4-29-21)27-18-13-32-19-11-24-10-17(20(18)19)15-9-26-28(12-15)16-7-23(8-16)30-5-6-31-23/h1-4,9-13,16H,5-8H2,(H,25,27). The number of rotatable bonds is 4. The van der Waals surface area contributed by atoms with E-state index >= 15 is 0 Å². The maximum absolute atomic E-state index is 5.77. The Morgan fingerprint density at radius 3 is 2.94 bits per heavy atom. The Morgan fingerprint density at radius 2 is 2.03 bits per heavy atom. The molecule has 5 aromatic rings. The van der Waals surface area contributed by atoms with Gasteiger partial charge in [-0.25, -0.2) is 4.98 Å². The number of hydrogen-bond donors (Lipinski definition) is 1. The van der Waals surface area contributed by atoms with Gasteiger partial charge in [0.1, 0.15) is 0 Å². The number of nitrogens with zero attached hydrogens (tertiary/aromatic N) is 4. The number of nitrogens with one attached hydrogen (secondary N) is 1. The molecule has 2 aliphatic rings. The number of thiophene rings is 1. The van der Waals surface area contributed by atoms with Gasteiger partial charge in [0.15, 0.2) is 17.2 Å². The molecule has 2 fully saturated rings. The van der Waals surface area contributed by atoms with Crippen molar-refractivity contribution < 1.29 is 13.9 Å². The molecule has 1 N–H and O–H groups in total. The van der Waals surface area contributed by atoms with E-state index in [4.69, 9.17) is 13.9 Å². The van der Waals surface area contributed by atoms with Crippen molar-refractivity contribution >= 4 is 43.9 Å². The number of anilines is 2. The molecule has 1 saturated carbocycles. The molecule has 0 amide bonds. The molecule has 6 heterocycles. The minimum absolute atomic E-state index is 0.287. The van der Waals surface area contributed by atoms with E-state index < -0.39 is 0 Å². The molecule has 7 rings (SSSR count). The summed E-state index contributed by atoms with van der Waals surface area (Å²) in [5.74, 6) is 0.310. The summed E-state index contributed by atoms with van der Waals surface area (Å²) in [5, 5.41) is 12.3. The van der Waals surface area contributed by atoms with Crippen LogP contribution >= 0.6 is 11.3 Å². The second kappa shape index (κ2) is 6.86. The van der Waals surface area contributed by atoms with Crippen LogP contribution in [0.4, 0.5) is 11.5 Å². The van der Waals surface area contributed by atoms with E-state index in [1.807, 2.05) is 35.4 Å². The molecule has 1 aliphatic heterocycles. The largest absolute Gasteiger partial charge is 0.460 e. The summed E-state index contributed by atoms with van der Waals surface area (Å²) < 4.78 is 20.3. The normalized spacial score (nSPS) is 18.0. The fourth-order valence-corrected chi connectivity index (χ4v) is 5.55. The topological polar surface area (TPSA) is 87.2 Å². The fourth-order valence-electron chi connectivity index (χ4n) is 4.67. The number of aromatic nitrogens is 4. The molecule has 0 bridgehead atoms. The van der Waals surface area contributed by atoms with Gasteiger partial charge in [-0.2, -0.15) is 5.10 Å². The molecular formula is C23H19N5O3S. The lowest BCUT2D eigenvalue weighted by atomic mass is 9.85. The zero-order valence-electron chi connectivity index (χ0n) is 17.0. The summed E-state index contributed by atoms with van der Waals surface area (Å²) in [6, 6.07) is 4.16. The summed E-state index contributed by atoms with van der Waals surface area (Å²) in [6.07, 6.45) is 12.9. The molecule has 1 spiro atoms. The second-order valence-electron chi connectivity index (χ2n) is 8.21. The van der Waals surface area contributed by atoms with Gasteiger partial charge in [-0.15, -0.1) is 11.3 Å². The monoisotopic (exact) mass is 445 g/mol. The van der Waals surface area contributed by atoms with Gasteiger partial charge in [-0.05, 0) is 12.1 Å². The first kappa shape index (κ1) is 18.3. The summed E-state index contributed by atoms with van der Waals surface area (Å²) >= 11 is 1.65. The number of hydrogen-bond acceptors (Lipinski definition) is 8. The van der Waals surface area contributed by atoms with Gasteiger partial charge >= 0.3 is 0 Å². The lowest BCUT2D eigenvalue weighted by molar-refractivity contribution is -0.227. The van der Waals surface area contributed by atoms with Crippen LogP contribution in [0.2, 0.25) is 0 Å². The van der Waals surface area contributed by atoms with E-state index in [2.05, 4.69) is 32.0 Å². The minimum Gasteiger partial charge on any atom is -0.460 e. The molecular weight excluding hydrogens is 426 g/mol. The van der Waals surface area contributed by atoms with Crippen molar-refractivity contribution in [3.63, 3.8) is 0 Å². The van der Waals surface area contributed by atoms with Crippen LogP contribution < -0.4 is 5.32 Å². The molecule has 8 nitrogen and oxygen atoms in total. The molecule has 1 saturated heterocycles. The Bertz CT molecular complexity index is 1440. The van der Waals surface area contributed by atoms with Gasteiger partial charge in [0.2, 0.25) is 0 Å². The second-order valence-corrected chi connectivity index (χ2v) is 9.12. The Labute approximate surface area is 186 Å². The summed E-state index contributed by atoms with van der Waals surface area (Å²) in [6.45, 7) is 1.36. The zero-order valence-corrected chi connectivity index (χ0v) is 17.8.